The maximum Gasteiger partial charge on any atom is 0.416 e. The number of alkyl halides is 3. The zero-order chi connectivity index (χ0) is 24.4. The molecule has 6 nitrogen and oxygen atoms in total. The summed E-state index contributed by atoms with van der Waals surface area (Å²) in [5.41, 5.74) is -1.39. The first kappa shape index (κ1) is 25.7. The van der Waals surface area contributed by atoms with Crippen molar-refractivity contribution in [2.45, 2.75) is 46.7 Å². The van der Waals surface area contributed by atoms with E-state index in [2.05, 4.69) is 5.10 Å². The molecule has 1 aromatic heterocycles. The summed E-state index contributed by atoms with van der Waals surface area (Å²) in [7, 11) is 0. The Bertz CT molecular complexity index is 1030. The van der Waals surface area contributed by atoms with Crippen LogP contribution in [0.2, 0.25) is 10.0 Å². The van der Waals surface area contributed by atoms with E-state index in [0.29, 0.717) is 12.1 Å². The van der Waals surface area contributed by atoms with Crippen LogP contribution in [0.4, 0.5) is 19.0 Å². The van der Waals surface area contributed by atoms with Crippen LogP contribution in [0.1, 0.15) is 51.7 Å². The van der Waals surface area contributed by atoms with Crippen LogP contribution in [0.3, 0.4) is 0 Å². The van der Waals surface area contributed by atoms with Gasteiger partial charge < -0.3 is 0 Å². The fourth-order valence-corrected chi connectivity index (χ4v) is 3.63. The first-order valence-electron chi connectivity index (χ1n) is 9.68. The molecular weight excluding hydrogens is 468 g/mol. The fourth-order valence-electron chi connectivity index (χ4n) is 2.99. The van der Waals surface area contributed by atoms with E-state index in [1.54, 1.807) is 27.7 Å². The third-order valence-corrected chi connectivity index (χ3v) is 4.87. The van der Waals surface area contributed by atoms with Crippen molar-refractivity contribution in [1.29, 1.82) is 5.26 Å². The molecule has 32 heavy (non-hydrogen) atoms. The highest BCUT2D eigenvalue weighted by Crippen LogP contribution is 2.39. The standard InChI is InChI=1S/C21H21Cl2F3N4O2/c1-11(2)5-17(31)29(18(32)6-12(3)4)20-13(9-27)10-28-30(20)19-15(22)7-14(8-16(19)23)21(24,25)26/h7-8,10-12H,5-6H2,1-4H3. The molecular formula is C21H21Cl2F3N4O2. The van der Waals surface area contributed by atoms with Crippen molar-refractivity contribution >= 4 is 40.8 Å². The lowest BCUT2D eigenvalue weighted by Crippen LogP contribution is -2.40. The Morgan fingerprint density at radius 1 is 1.09 bits per heavy atom. The van der Waals surface area contributed by atoms with Gasteiger partial charge in [-0.2, -0.15) is 23.5 Å². The summed E-state index contributed by atoms with van der Waals surface area (Å²) in [6.45, 7) is 7.15. The van der Waals surface area contributed by atoms with Crippen molar-refractivity contribution in [3.63, 3.8) is 0 Å². The molecule has 2 rings (SSSR count). The van der Waals surface area contributed by atoms with E-state index in [4.69, 9.17) is 23.2 Å². The lowest BCUT2D eigenvalue weighted by molar-refractivity contribution is -0.137. The second-order valence-corrected chi connectivity index (χ2v) is 8.82. The number of nitriles is 1. The Balaban J connectivity index is 2.77. The number of halogens is 5. The van der Waals surface area contributed by atoms with Crippen LogP contribution in [0.5, 0.6) is 0 Å². The number of anilines is 1. The fraction of sp³-hybridized carbons (Fsp3) is 0.429. The molecule has 0 saturated carbocycles. The summed E-state index contributed by atoms with van der Waals surface area (Å²) in [6.07, 6.45) is -3.61. The molecule has 0 radical (unpaired) electrons. The minimum Gasteiger partial charge on any atom is -0.274 e. The number of hydrogen-bond acceptors (Lipinski definition) is 4. The van der Waals surface area contributed by atoms with Gasteiger partial charge in [-0.05, 0) is 24.0 Å². The first-order valence-corrected chi connectivity index (χ1v) is 10.4. The minimum absolute atomic E-state index is 0.00560. The van der Waals surface area contributed by atoms with Crippen LogP contribution < -0.4 is 4.90 Å². The highest BCUT2D eigenvalue weighted by Gasteiger charge is 2.35. The number of carbonyl (C=O) groups excluding carboxylic acids is 2. The predicted molar refractivity (Wildman–Crippen MR) is 115 cm³/mol. The Morgan fingerprint density at radius 2 is 1.56 bits per heavy atom. The Morgan fingerprint density at radius 3 is 1.94 bits per heavy atom. The molecule has 0 unspecified atom stereocenters. The molecule has 0 bridgehead atoms. The molecule has 0 aliphatic heterocycles. The number of aromatic nitrogens is 2. The number of amides is 2. The van der Waals surface area contributed by atoms with Crippen molar-refractivity contribution in [2.24, 2.45) is 11.8 Å². The predicted octanol–water partition coefficient (Wildman–Crippen LogP) is 6.02. The lowest BCUT2D eigenvalue weighted by Gasteiger charge is -2.24. The summed E-state index contributed by atoms with van der Waals surface area (Å²) in [5.74, 6) is -1.58. The van der Waals surface area contributed by atoms with Gasteiger partial charge in [0.2, 0.25) is 11.8 Å². The molecule has 0 atom stereocenters. The van der Waals surface area contributed by atoms with Gasteiger partial charge in [0.25, 0.3) is 0 Å². The highest BCUT2D eigenvalue weighted by molar-refractivity contribution is 6.38. The SMILES string of the molecule is CC(C)CC(=O)N(C(=O)CC(C)C)c1c(C#N)cnn1-c1c(Cl)cc(C(F)(F)F)cc1Cl. The third-order valence-electron chi connectivity index (χ3n) is 4.30. The van der Waals surface area contributed by atoms with E-state index >= 15 is 0 Å². The van der Waals surface area contributed by atoms with Crippen molar-refractivity contribution < 1.29 is 22.8 Å². The molecule has 1 heterocycles. The molecule has 172 valence electrons. The number of hydrogen-bond donors (Lipinski definition) is 0. The number of carbonyl (C=O) groups is 2. The normalized spacial score (nSPS) is 11.7. The quantitative estimate of drug-likeness (QED) is 0.497. The smallest absolute Gasteiger partial charge is 0.274 e. The second-order valence-electron chi connectivity index (χ2n) is 8.01. The number of imide groups is 1. The maximum absolute atomic E-state index is 13.1. The van der Waals surface area contributed by atoms with Crippen LogP contribution in [0.15, 0.2) is 18.3 Å². The minimum atomic E-state index is -4.69. The van der Waals surface area contributed by atoms with Crippen molar-refractivity contribution in [2.75, 3.05) is 4.90 Å². The van der Waals surface area contributed by atoms with E-state index in [1.807, 2.05) is 6.07 Å². The zero-order valence-corrected chi connectivity index (χ0v) is 19.3. The molecule has 1 aromatic carbocycles. The summed E-state index contributed by atoms with van der Waals surface area (Å²) >= 11 is 12.2. The van der Waals surface area contributed by atoms with E-state index in [-0.39, 0.29) is 41.7 Å². The molecule has 0 saturated heterocycles. The monoisotopic (exact) mass is 488 g/mol. The summed E-state index contributed by atoms with van der Waals surface area (Å²) in [4.78, 5) is 26.9. The average molecular weight is 489 g/mol. The zero-order valence-electron chi connectivity index (χ0n) is 17.8. The molecule has 11 heteroatoms. The Kier molecular flexibility index (Phi) is 7.97. The topological polar surface area (TPSA) is 79.0 Å². The van der Waals surface area contributed by atoms with Crippen LogP contribution in [-0.4, -0.2) is 21.6 Å². The van der Waals surface area contributed by atoms with Crippen LogP contribution in [-0.2, 0) is 15.8 Å². The van der Waals surface area contributed by atoms with E-state index < -0.39 is 33.6 Å². The van der Waals surface area contributed by atoms with Gasteiger partial charge in [-0.15, -0.1) is 0 Å². The largest absolute Gasteiger partial charge is 0.416 e. The van der Waals surface area contributed by atoms with Gasteiger partial charge in [0.15, 0.2) is 5.82 Å². The number of nitrogens with zero attached hydrogens (tertiary/aromatic N) is 4. The van der Waals surface area contributed by atoms with E-state index in [1.165, 1.54) is 0 Å². The van der Waals surface area contributed by atoms with Gasteiger partial charge in [-0.25, -0.2) is 9.58 Å². The molecule has 2 amide bonds. The maximum atomic E-state index is 13.1. The van der Waals surface area contributed by atoms with E-state index in [0.717, 1.165) is 15.8 Å². The Hall–Kier alpha value is -2.57. The van der Waals surface area contributed by atoms with Gasteiger partial charge in [-0.1, -0.05) is 50.9 Å². The van der Waals surface area contributed by atoms with Gasteiger partial charge in [-0.3, -0.25) is 9.59 Å². The average Bonchev–Trinajstić information content (AvgIpc) is 3.02. The van der Waals surface area contributed by atoms with Crippen LogP contribution in [0, 0.1) is 23.2 Å². The lowest BCUT2D eigenvalue weighted by atomic mass is 10.1. The molecule has 0 aliphatic carbocycles. The molecule has 2 aromatic rings. The van der Waals surface area contributed by atoms with Gasteiger partial charge >= 0.3 is 6.18 Å². The van der Waals surface area contributed by atoms with Crippen LogP contribution >= 0.6 is 23.2 Å². The molecule has 0 spiro atoms. The number of benzene rings is 1. The third kappa shape index (κ3) is 5.61. The summed E-state index contributed by atoms with van der Waals surface area (Å²) in [5, 5.41) is 12.8. The first-order chi connectivity index (χ1) is 14.8. The summed E-state index contributed by atoms with van der Waals surface area (Å²) < 4.78 is 40.3. The molecule has 0 fully saturated rings. The Labute approximate surface area is 193 Å². The second kappa shape index (κ2) is 9.92. The van der Waals surface area contributed by atoms with Crippen LogP contribution in [0.25, 0.3) is 5.69 Å². The molecule has 0 N–H and O–H groups in total. The van der Waals surface area contributed by atoms with Crippen molar-refractivity contribution in [3.05, 3.63) is 39.5 Å². The van der Waals surface area contributed by atoms with Gasteiger partial charge in [0.1, 0.15) is 17.3 Å². The van der Waals surface area contributed by atoms with Crippen molar-refractivity contribution in [3.8, 4) is 11.8 Å². The number of rotatable bonds is 6. The highest BCUT2D eigenvalue weighted by atomic mass is 35.5. The van der Waals surface area contributed by atoms with Gasteiger partial charge in [0, 0.05) is 12.8 Å². The molecule has 0 aliphatic rings. The van der Waals surface area contributed by atoms with E-state index in [9.17, 15) is 28.0 Å². The van der Waals surface area contributed by atoms with Crippen molar-refractivity contribution in [1.82, 2.24) is 9.78 Å². The van der Waals surface area contributed by atoms with Gasteiger partial charge in [0.05, 0.1) is 21.8 Å². The summed E-state index contributed by atoms with van der Waals surface area (Å²) in [6, 6.07) is 3.19.